The van der Waals surface area contributed by atoms with Crippen LogP contribution >= 0.6 is 0 Å². The molecule has 5 heteroatoms. The predicted octanol–water partition coefficient (Wildman–Crippen LogP) is 2.92. The Morgan fingerprint density at radius 3 is 2.00 bits per heavy atom. The van der Waals surface area contributed by atoms with Crippen molar-refractivity contribution < 1.29 is 19.0 Å². The van der Waals surface area contributed by atoms with Crippen LogP contribution in [0, 0.1) is 0 Å². The van der Waals surface area contributed by atoms with E-state index in [0.29, 0.717) is 32.8 Å². The summed E-state index contributed by atoms with van der Waals surface area (Å²) in [6.07, 6.45) is 6.91. The van der Waals surface area contributed by atoms with Gasteiger partial charge in [0.25, 0.3) is 0 Å². The van der Waals surface area contributed by atoms with E-state index >= 15 is 0 Å². The van der Waals surface area contributed by atoms with Crippen LogP contribution < -0.4 is 5.32 Å². The van der Waals surface area contributed by atoms with Crippen molar-refractivity contribution >= 4 is 5.91 Å². The second-order valence-corrected chi connectivity index (χ2v) is 5.35. The highest BCUT2D eigenvalue weighted by Gasteiger charge is 1.98. The molecular weight excluding hydrogens is 282 g/mol. The molecule has 0 aromatic carbocycles. The summed E-state index contributed by atoms with van der Waals surface area (Å²) >= 11 is 0. The Morgan fingerprint density at radius 1 is 0.727 bits per heavy atom. The van der Waals surface area contributed by atoms with E-state index in [1.54, 1.807) is 0 Å². The number of carbonyl (C=O) groups is 1. The number of hydrogen-bond donors (Lipinski definition) is 1. The lowest BCUT2D eigenvalue weighted by atomic mass is 10.2. The molecule has 1 N–H and O–H groups in total. The zero-order valence-electron chi connectivity index (χ0n) is 14.5. The van der Waals surface area contributed by atoms with Crippen LogP contribution in [0.1, 0.15) is 58.8 Å². The minimum absolute atomic E-state index is 0.130. The zero-order valence-corrected chi connectivity index (χ0v) is 14.5. The van der Waals surface area contributed by atoms with Gasteiger partial charge in [0.1, 0.15) is 0 Å². The third-order valence-electron chi connectivity index (χ3n) is 3.12. The number of unbranched alkanes of at least 4 members (excludes halogenated alkanes) is 3. The molecule has 5 nitrogen and oxygen atoms in total. The molecule has 0 aliphatic carbocycles. The Balaban J connectivity index is 3.04. The van der Waals surface area contributed by atoms with Crippen LogP contribution in [0.3, 0.4) is 0 Å². The largest absolute Gasteiger partial charge is 0.380 e. The van der Waals surface area contributed by atoms with E-state index in [-0.39, 0.29) is 5.91 Å². The lowest BCUT2D eigenvalue weighted by molar-refractivity contribution is -0.121. The number of amides is 1. The fourth-order valence-corrected chi connectivity index (χ4v) is 1.84. The van der Waals surface area contributed by atoms with Crippen molar-refractivity contribution in [2.24, 2.45) is 0 Å². The number of rotatable bonds is 17. The molecule has 22 heavy (non-hydrogen) atoms. The average Bonchev–Trinajstić information content (AvgIpc) is 2.53. The fourth-order valence-electron chi connectivity index (χ4n) is 1.84. The van der Waals surface area contributed by atoms with Gasteiger partial charge in [-0.15, -0.1) is 0 Å². The summed E-state index contributed by atoms with van der Waals surface area (Å²) in [4.78, 5) is 11.3. The average molecular weight is 317 g/mol. The molecule has 0 bridgehead atoms. The van der Waals surface area contributed by atoms with Crippen molar-refractivity contribution in [3.05, 3.63) is 0 Å². The lowest BCUT2D eigenvalue weighted by Gasteiger charge is -2.07. The van der Waals surface area contributed by atoms with E-state index in [0.717, 1.165) is 58.3 Å². The molecule has 0 heterocycles. The summed E-state index contributed by atoms with van der Waals surface area (Å²) in [5, 5.41) is 2.86. The summed E-state index contributed by atoms with van der Waals surface area (Å²) < 4.78 is 16.3. The van der Waals surface area contributed by atoms with Crippen LogP contribution in [0.15, 0.2) is 0 Å². The quantitative estimate of drug-likeness (QED) is 0.419. The molecule has 0 aliphatic rings. The minimum atomic E-state index is 0.130. The standard InChI is InChI=1S/C17H35NO4/c1-3-5-9-17(19)18-10-14-21-12-7-6-8-13-22-16-15-20-11-4-2/h3-16H2,1-2H3,(H,18,19). The van der Waals surface area contributed by atoms with Gasteiger partial charge in [0.05, 0.1) is 19.8 Å². The molecule has 0 radical (unpaired) electrons. The van der Waals surface area contributed by atoms with Crippen LogP contribution in [0.5, 0.6) is 0 Å². The lowest BCUT2D eigenvalue weighted by Crippen LogP contribution is -2.27. The summed E-state index contributed by atoms with van der Waals surface area (Å²) in [5.41, 5.74) is 0. The molecule has 0 unspecified atom stereocenters. The van der Waals surface area contributed by atoms with Crippen LogP contribution in [-0.2, 0) is 19.0 Å². The van der Waals surface area contributed by atoms with Crippen molar-refractivity contribution in [2.75, 3.05) is 46.2 Å². The van der Waals surface area contributed by atoms with E-state index in [1.807, 2.05) is 0 Å². The van der Waals surface area contributed by atoms with Crippen molar-refractivity contribution in [3.63, 3.8) is 0 Å². The van der Waals surface area contributed by atoms with Gasteiger partial charge in [-0.1, -0.05) is 20.3 Å². The number of nitrogens with one attached hydrogen (secondary N) is 1. The van der Waals surface area contributed by atoms with Gasteiger partial charge >= 0.3 is 0 Å². The predicted molar refractivity (Wildman–Crippen MR) is 89.1 cm³/mol. The van der Waals surface area contributed by atoms with Crippen molar-refractivity contribution in [2.45, 2.75) is 58.8 Å². The van der Waals surface area contributed by atoms with Crippen LogP contribution in [-0.4, -0.2) is 52.1 Å². The van der Waals surface area contributed by atoms with Gasteiger partial charge in [-0.25, -0.2) is 0 Å². The van der Waals surface area contributed by atoms with E-state index in [1.165, 1.54) is 0 Å². The molecule has 1 amide bonds. The molecule has 132 valence electrons. The monoisotopic (exact) mass is 317 g/mol. The Hall–Kier alpha value is -0.650. The first kappa shape index (κ1) is 21.4. The maximum absolute atomic E-state index is 11.3. The summed E-state index contributed by atoms with van der Waals surface area (Å²) in [7, 11) is 0. The second-order valence-electron chi connectivity index (χ2n) is 5.35. The Kier molecular flexibility index (Phi) is 17.9. The molecular formula is C17H35NO4. The molecule has 0 aromatic rings. The minimum Gasteiger partial charge on any atom is -0.380 e. The van der Waals surface area contributed by atoms with Gasteiger partial charge in [-0.2, -0.15) is 0 Å². The Morgan fingerprint density at radius 2 is 1.36 bits per heavy atom. The number of carbonyl (C=O) groups excluding carboxylic acids is 1. The highest BCUT2D eigenvalue weighted by Crippen LogP contribution is 1.97. The van der Waals surface area contributed by atoms with Gasteiger partial charge < -0.3 is 19.5 Å². The zero-order chi connectivity index (χ0) is 16.3. The topological polar surface area (TPSA) is 56.8 Å². The summed E-state index contributed by atoms with van der Waals surface area (Å²) in [5.74, 6) is 0.130. The summed E-state index contributed by atoms with van der Waals surface area (Å²) in [6.45, 7) is 9.15. The van der Waals surface area contributed by atoms with Crippen molar-refractivity contribution in [1.82, 2.24) is 5.32 Å². The van der Waals surface area contributed by atoms with Crippen LogP contribution in [0.4, 0.5) is 0 Å². The first-order valence-electron chi connectivity index (χ1n) is 8.81. The molecule has 0 rings (SSSR count). The maximum Gasteiger partial charge on any atom is 0.220 e. The van der Waals surface area contributed by atoms with Gasteiger partial charge in [0.15, 0.2) is 0 Å². The van der Waals surface area contributed by atoms with Crippen molar-refractivity contribution in [3.8, 4) is 0 Å². The first-order valence-corrected chi connectivity index (χ1v) is 8.81. The molecule has 0 saturated heterocycles. The Labute approximate surface area is 136 Å². The fraction of sp³-hybridized carbons (Fsp3) is 0.941. The number of hydrogen-bond acceptors (Lipinski definition) is 4. The molecule has 0 aliphatic heterocycles. The van der Waals surface area contributed by atoms with E-state index in [2.05, 4.69) is 19.2 Å². The molecule has 0 spiro atoms. The van der Waals surface area contributed by atoms with E-state index in [9.17, 15) is 4.79 Å². The SMILES string of the molecule is CCCCC(=O)NCCOCCCCCOCCOCCC. The molecule has 0 fully saturated rings. The van der Waals surface area contributed by atoms with Crippen molar-refractivity contribution in [1.29, 1.82) is 0 Å². The highest BCUT2D eigenvalue weighted by molar-refractivity contribution is 5.75. The summed E-state index contributed by atoms with van der Waals surface area (Å²) in [6, 6.07) is 0. The molecule has 0 atom stereocenters. The molecule has 0 aromatic heterocycles. The second kappa shape index (κ2) is 18.4. The van der Waals surface area contributed by atoms with Gasteiger partial charge in [-0.05, 0) is 32.1 Å². The Bertz CT molecular complexity index is 237. The smallest absolute Gasteiger partial charge is 0.220 e. The van der Waals surface area contributed by atoms with Gasteiger partial charge in [-0.3, -0.25) is 4.79 Å². The van der Waals surface area contributed by atoms with Crippen LogP contribution in [0.25, 0.3) is 0 Å². The third kappa shape index (κ3) is 17.4. The molecule has 0 saturated carbocycles. The van der Waals surface area contributed by atoms with E-state index in [4.69, 9.17) is 14.2 Å². The maximum atomic E-state index is 11.3. The highest BCUT2D eigenvalue weighted by atomic mass is 16.5. The first-order chi connectivity index (χ1) is 10.8. The van der Waals surface area contributed by atoms with Gasteiger partial charge in [0, 0.05) is 32.8 Å². The van der Waals surface area contributed by atoms with E-state index < -0.39 is 0 Å². The normalized spacial score (nSPS) is 10.8. The number of ether oxygens (including phenoxy) is 3. The van der Waals surface area contributed by atoms with Crippen LogP contribution in [0.2, 0.25) is 0 Å². The third-order valence-corrected chi connectivity index (χ3v) is 3.12. The van der Waals surface area contributed by atoms with Gasteiger partial charge in [0.2, 0.25) is 5.91 Å².